The van der Waals surface area contributed by atoms with Gasteiger partial charge in [-0.15, -0.1) is 11.3 Å². The Morgan fingerprint density at radius 1 is 1.25 bits per heavy atom. The van der Waals surface area contributed by atoms with Gasteiger partial charge in [0.15, 0.2) is 5.13 Å². The van der Waals surface area contributed by atoms with E-state index in [1.54, 1.807) is 29.0 Å². The molecule has 0 aliphatic carbocycles. The lowest BCUT2D eigenvalue weighted by molar-refractivity contribution is 0.101. The van der Waals surface area contributed by atoms with Crippen LogP contribution in [0.4, 0.5) is 9.52 Å². The number of fused-ring (bicyclic) bond motifs is 1. The summed E-state index contributed by atoms with van der Waals surface area (Å²) in [5.41, 5.74) is 4.22. The second-order valence-electron chi connectivity index (χ2n) is 7.60. The molecular formula is C23H21FN6OS. The number of thiazole rings is 1. The first-order chi connectivity index (χ1) is 15.7. The number of pyridine rings is 1. The highest BCUT2D eigenvalue weighted by Gasteiger charge is 2.15. The Morgan fingerprint density at radius 3 is 3.09 bits per heavy atom. The standard InChI is InChI=1S/C23H21FN6OS/c24-21-12-16(8-9-25-21)13-29-11-3-5-20(29)22(31)28-23-27-17(14-32-23)6-7-18-19-4-1-2-10-30(19)15-26-18/h3,5-9,11-12,14-15H,1-2,4,10,13H2,(H,27,28,31)/b7-6+. The van der Waals surface area contributed by atoms with Gasteiger partial charge in [0.2, 0.25) is 5.95 Å². The first-order valence-corrected chi connectivity index (χ1v) is 11.3. The highest BCUT2D eigenvalue weighted by molar-refractivity contribution is 7.14. The predicted molar refractivity (Wildman–Crippen MR) is 122 cm³/mol. The minimum Gasteiger partial charge on any atom is -0.339 e. The molecule has 0 bridgehead atoms. The summed E-state index contributed by atoms with van der Waals surface area (Å²) in [6.45, 7) is 1.40. The molecule has 0 spiro atoms. The predicted octanol–water partition coefficient (Wildman–Crippen LogP) is 4.48. The number of nitrogens with zero attached hydrogens (tertiary/aromatic N) is 5. The molecule has 5 heterocycles. The quantitative estimate of drug-likeness (QED) is 0.441. The third-order valence-electron chi connectivity index (χ3n) is 5.40. The summed E-state index contributed by atoms with van der Waals surface area (Å²) in [6.07, 6.45) is 12.4. The van der Waals surface area contributed by atoms with E-state index in [1.165, 1.54) is 42.1 Å². The van der Waals surface area contributed by atoms with Crippen molar-refractivity contribution in [2.75, 3.05) is 5.32 Å². The van der Waals surface area contributed by atoms with E-state index >= 15 is 0 Å². The van der Waals surface area contributed by atoms with E-state index < -0.39 is 5.95 Å². The van der Waals surface area contributed by atoms with E-state index in [-0.39, 0.29) is 5.91 Å². The number of imidazole rings is 1. The molecule has 0 aromatic carbocycles. The van der Waals surface area contributed by atoms with Crippen molar-refractivity contribution in [1.82, 2.24) is 24.1 Å². The number of amides is 1. The SMILES string of the molecule is O=C(Nc1nc(/C=C/c2ncn3c2CCCC3)cs1)c1cccn1Cc1ccnc(F)c1. The number of nitrogens with one attached hydrogen (secondary N) is 1. The van der Waals surface area contributed by atoms with Crippen LogP contribution < -0.4 is 5.32 Å². The molecule has 4 aromatic rings. The first kappa shape index (κ1) is 20.3. The second-order valence-corrected chi connectivity index (χ2v) is 8.46. The summed E-state index contributed by atoms with van der Waals surface area (Å²) in [6, 6.07) is 6.59. The number of hydrogen-bond acceptors (Lipinski definition) is 5. The molecule has 1 N–H and O–H groups in total. The number of anilines is 1. The minimum absolute atomic E-state index is 0.266. The van der Waals surface area contributed by atoms with Gasteiger partial charge in [-0.25, -0.2) is 15.0 Å². The van der Waals surface area contributed by atoms with Crippen LogP contribution in [0.15, 0.2) is 48.4 Å². The lowest BCUT2D eigenvalue weighted by atomic mass is 10.1. The van der Waals surface area contributed by atoms with Crippen LogP contribution in [-0.4, -0.2) is 30.0 Å². The van der Waals surface area contributed by atoms with Gasteiger partial charge in [-0.05, 0) is 61.2 Å². The normalized spacial score (nSPS) is 13.4. The molecule has 162 valence electrons. The Labute approximate surface area is 188 Å². The van der Waals surface area contributed by atoms with E-state index in [4.69, 9.17) is 0 Å². The summed E-state index contributed by atoms with van der Waals surface area (Å²) >= 11 is 1.37. The number of carbonyl (C=O) groups excluding carboxylic acids is 1. The molecular weight excluding hydrogens is 427 g/mol. The number of carbonyl (C=O) groups is 1. The summed E-state index contributed by atoms with van der Waals surface area (Å²) in [5, 5.41) is 5.27. The Bertz CT molecular complexity index is 1290. The molecule has 0 radical (unpaired) electrons. The molecule has 0 atom stereocenters. The van der Waals surface area contributed by atoms with Crippen molar-refractivity contribution in [3.63, 3.8) is 0 Å². The molecule has 5 rings (SSSR count). The average Bonchev–Trinajstić information content (AvgIpc) is 3.52. The summed E-state index contributed by atoms with van der Waals surface area (Å²) in [4.78, 5) is 25.3. The van der Waals surface area contributed by atoms with Crippen LogP contribution in [0.1, 0.15) is 46.0 Å². The van der Waals surface area contributed by atoms with Gasteiger partial charge in [0, 0.05) is 36.6 Å². The van der Waals surface area contributed by atoms with Crippen molar-refractivity contribution in [3.8, 4) is 0 Å². The van der Waals surface area contributed by atoms with Crippen molar-refractivity contribution in [3.05, 3.63) is 82.7 Å². The number of aromatic nitrogens is 5. The van der Waals surface area contributed by atoms with Gasteiger partial charge in [0.25, 0.3) is 5.91 Å². The lowest BCUT2D eigenvalue weighted by Gasteiger charge is -2.13. The Balaban J connectivity index is 1.26. The Hall–Kier alpha value is -3.59. The van der Waals surface area contributed by atoms with Gasteiger partial charge in [-0.3, -0.25) is 10.1 Å². The number of rotatable bonds is 6. The van der Waals surface area contributed by atoms with Gasteiger partial charge in [-0.1, -0.05) is 0 Å². The smallest absolute Gasteiger partial charge is 0.274 e. The van der Waals surface area contributed by atoms with Crippen molar-refractivity contribution >= 4 is 34.5 Å². The Morgan fingerprint density at radius 2 is 2.19 bits per heavy atom. The van der Waals surface area contributed by atoms with E-state index in [0.717, 1.165) is 29.9 Å². The molecule has 7 nitrogen and oxygen atoms in total. The molecule has 4 aromatic heterocycles. The molecule has 32 heavy (non-hydrogen) atoms. The fourth-order valence-corrected chi connectivity index (χ4v) is 4.52. The van der Waals surface area contributed by atoms with Crippen molar-refractivity contribution < 1.29 is 9.18 Å². The van der Waals surface area contributed by atoms with Crippen LogP contribution in [0.5, 0.6) is 0 Å². The summed E-state index contributed by atoms with van der Waals surface area (Å²) < 4.78 is 17.3. The average molecular weight is 449 g/mol. The maximum atomic E-state index is 13.4. The van der Waals surface area contributed by atoms with Gasteiger partial charge in [0.1, 0.15) is 5.69 Å². The molecule has 0 fully saturated rings. The van der Waals surface area contributed by atoms with Crippen LogP contribution in [0.25, 0.3) is 12.2 Å². The molecule has 1 aliphatic heterocycles. The highest BCUT2D eigenvalue weighted by Crippen LogP contribution is 2.22. The zero-order valence-electron chi connectivity index (χ0n) is 17.2. The number of hydrogen-bond donors (Lipinski definition) is 1. The maximum Gasteiger partial charge on any atom is 0.274 e. The monoisotopic (exact) mass is 448 g/mol. The Kier molecular flexibility index (Phi) is 5.64. The molecule has 9 heteroatoms. The topological polar surface area (TPSA) is 77.6 Å². The molecule has 1 aliphatic rings. The fourth-order valence-electron chi connectivity index (χ4n) is 3.84. The molecule has 1 amide bonds. The fraction of sp³-hybridized carbons (Fsp3) is 0.217. The van der Waals surface area contributed by atoms with Crippen molar-refractivity contribution in [2.45, 2.75) is 32.4 Å². The molecule has 0 saturated heterocycles. The van der Waals surface area contributed by atoms with E-state index in [9.17, 15) is 9.18 Å². The van der Waals surface area contributed by atoms with Crippen LogP contribution >= 0.6 is 11.3 Å². The summed E-state index contributed by atoms with van der Waals surface area (Å²) in [5.74, 6) is -0.808. The molecule has 0 saturated carbocycles. The van der Waals surface area contributed by atoms with Crippen molar-refractivity contribution in [1.29, 1.82) is 0 Å². The number of halogens is 1. The third-order valence-corrected chi connectivity index (χ3v) is 6.18. The van der Waals surface area contributed by atoms with Gasteiger partial charge in [-0.2, -0.15) is 4.39 Å². The highest BCUT2D eigenvalue weighted by atomic mass is 32.1. The first-order valence-electron chi connectivity index (χ1n) is 10.4. The zero-order valence-corrected chi connectivity index (χ0v) is 18.1. The second kappa shape index (κ2) is 8.88. The van der Waals surface area contributed by atoms with Gasteiger partial charge in [0.05, 0.1) is 17.7 Å². The van der Waals surface area contributed by atoms with E-state index in [1.807, 2.05) is 23.9 Å². The van der Waals surface area contributed by atoms with Crippen LogP contribution in [0, 0.1) is 5.95 Å². The zero-order chi connectivity index (χ0) is 21.9. The van der Waals surface area contributed by atoms with Crippen molar-refractivity contribution in [2.24, 2.45) is 0 Å². The number of aryl methyl sites for hydroxylation is 1. The van der Waals surface area contributed by atoms with Gasteiger partial charge < -0.3 is 9.13 Å². The minimum atomic E-state index is -0.542. The van der Waals surface area contributed by atoms with Crippen LogP contribution in [-0.2, 0) is 19.5 Å². The largest absolute Gasteiger partial charge is 0.339 e. The lowest BCUT2D eigenvalue weighted by Crippen LogP contribution is -2.17. The summed E-state index contributed by atoms with van der Waals surface area (Å²) in [7, 11) is 0. The van der Waals surface area contributed by atoms with E-state index in [2.05, 4.69) is 24.8 Å². The van der Waals surface area contributed by atoms with E-state index in [0.29, 0.717) is 17.4 Å². The third kappa shape index (κ3) is 4.38. The van der Waals surface area contributed by atoms with Gasteiger partial charge >= 0.3 is 0 Å². The molecule has 0 unspecified atom stereocenters. The van der Waals surface area contributed by atoms with Crippen LogP contribution in [0.2, 0.25) is 0 Å². The maximum absolute atomic E-state index is 13.4. The van der Waals surface area contributed by atoms with Crippen LogP contribution in [0.3, 0.4) is 0 Å².